The van der Waals surface area contributed by atoms with Crippen molar-refractivity contribution >= 4 is 52.9 Å². The summed E-state index contributed by atoms with van der Waals surface area (Å²) in [5.41, 5.74) is 0.381. The van der Waals surface area contributed by atoms with E-state index in [1.54, 1.807) is 12.1 Å². The molecule has 10 heteroatoms. The van der Waals surface area contributed by atoms with Gasteiger partial charge >= 0.3 is 0 Å². The summed E-state index contributed by atoms with van der Waals surface area (Å²) in [7, 11) is 0. The van der Waals surface area contributed by atoms with Crippen LogP contribution >= 0.6 is 35.6 Å². The second kappa shape index (κ2) is 9.93. The van der Waals surface area contributed by atoms with Crippen LogP contribution in [0.15, 0.2) is 36.4 Å². The number of anilines is 1. The number of non-ortho nitro benzene ring substituents is 1. The number of nitrogens with zero attached hydrogens (tertiary/aromatic N) is 1. The first kappa shape index (κ1) is 22.2. The molecule has 2 N–H and O–H groups in total. The van der Waals surface area contributed by atoms with Crippen molar-refractivity contribution in [1.29, 1.82) is 0 Å². The van der Waals surface area contributed by atoms with Crippen LogP contribution in [0, 0.1) is 10.1 Å². The second-order valence-corrected chi connectivity index (χ2v) is 6.93. The van der Waals surface area contributed by atoms with Crippen LogP contribution in [-0.2, 0) is 0 Å². The Labute approximate surface area is 177 Å². The number of piperidine rings is 1. The van der Waals surface area contributed by atoms with Crippen LogP contribution in [0.2, 0.25) is 10.0 Å². The van der Waals surface area contributed by atoms with E-state index in [-0.39, 0.29) is 40.5 Å². The van der Waals surface area contributed by atoms with E-state index in [4.69, 9.17) is 27.9 Å². The lowest BCUT2D eigenvalue weighted by atomic mass is 10.1. The zero-order chi connectivity index (χ0) is 19.4. The third kappa shape index (κ3) is 5.48. The van der Waals surface area contributed by atoms with Gasteiger partial charge in [-0.3, -0.25) is 14.9 Å². The van der Waals surface area contributed by atoms with E-state index in [0.717, 1.165) is 25.9 Å². The minimum absolute atomic E-state index is 0. The number of nitro benzene ring substituents is 1. The molecule has 7 nitrogen and oxygen atoms in total. The second-order valence-electron chi connectivity index (χ2n) is 6.08. The maximum Gasteiger partial charge on any atom is 0.271 e. The Morgan fingerprint density at radius 2 is 1.89 bits per heavy atom. The van der Waals surface area contributed by atoms with Gasteiger partial charge in [0.25, 0.3) is 11.6 Å². The summed E-state index contributed by atoms with van der Waals surface area (Å²) in [5.74, 6) is -0.0287. The van der Waals surface area contributed by atoms with Crippen LogP contribution in [0.3, 0.4) is 0 Å². The highest BCUT2D eigenvalue weighted by atomic mass is 35.5. The number of carbonyl (C=O) groups excluding carboxylic acids is 1. The molecule has 0 radical (unpaired) electrons. The summed E-state index contributed by atoms with van der Waals surface area (Å²) < 4.78 is 6.00. The first-order valence-electron chi connectivity index (χ1n) is 8.36. The van der Waals surface area contributed by atoms with Crippen LogP contribution in [-0.4, -0.2) is 30.0 Å². The topological polar surface area (TPSA) is 93.5 Å². The van der Waals surface area contributed by atoms with Gasteiger partial charge in [0.05, 0.1) is 21.2 Å². The number of amides is 1. The largest absolute Gasteiger partial charge is 0.489 e. The van der Waals surface area contributed by atoms with Crippen molar-refractivity contribution in [3.63, 3.8) is 0 Å². The van der Waals surface area contributed by atoms with Gasteiger partial charge in [0.1, 0.15) is 11.9 Å². The predicted octanol–water partition coefficient (Wildman–Crippen LogP) is 4.71. The fraction of sp³-hybridized carbons (Fsp3) is 0.278. The Kier molecular flexibility index (Phi) is 7.88. The van der Waals surface area contributed by atoms with Gasteiger partial charge in [-0.2, -0.15) is 0 Å². The molecule has 0 aromatic heterocycles. The predicted molar refractivity (Wildman–Crippen MR) is 111 cm³/mol. The number of benzene rings is 2. The third-order valence-electron chi connectivity index (χ3n) is 4.18. The first-order chi connectivity index (χ1) is 12.9. The minimum atomic E-state index is -0.556. The van der Waals surface area contributed by atoms with Crippen LogP contribution in [0.4, 0.5) is 11.4 Å². The van der Waals surface area contributed by atoms with E-state index in [0.29, 0.717) is 10.8 Å². The molecule has 0 atom stereocenters. The highest BCUT2D eigenvalue weighted by Gasteiger charge is 2.20. The standard InChI is InChI=1S/C18H17Cl2N3O4.ClH/c19-11-1-4-17(27-13-5-7-21-8-6-13)14(9-11)18(24)22-16-3-2-12(23(25)26)10-15(16)20;/h1-4,9-10,13,21H,5-8H2,(H,22,24);1H. The van der Waals surface area contributed by atoms with Crippen molar-refractivity contribution < 1.29 is 14.5 Å². The third-order valence-corrected chi connectivity index (χ3v) is 4.73. The number of halogens is 3. The molecular formula is C18H18Cl3N3O4. The highest BCUT2D eigenvalue weighted by Crippen LogP contribution is 2.30. The minimum Gasteiger partial charge on any atom is -0.489 e. The molecule has 0 bridgehead atoms. The van der Waals surface area contributed by atoms with E-state index in [1.807, 2.05) is 0 Å². The van der Waals surface area contributed by atoms with E-state index in [1.165, 1.54) is 24.3 Å². The zero-order valence-electron chi connectivity index (χ0n) is 14.6. The molecule has 1 aliphatic heterocycles. The Morgan fingerprint density at radius 1 is 1.18 bits per heavy atom. The average molecular weight is 447 g/mol. The molecule has 1 heterocycles. The zero-order valence-corrected chi connectivity index (χ0v) is 16.9. The summed E-state index contributed by atoms with van der Waals surface area (Å²) in [4.78, 5) is 23.0. The van der Waals surface area contributed by atoms with E-state index in [9.17, 15) is 14.9 Å². The Balaban J connectivity index is 0.00000280. The monoisotopic (exact) mass is 445 g/mol. The first-order valence-corrected chi connectivity index (χ1v) is 9.12. The lowest BCUT2D eigenvalue weighted by Crippen LogP contribution is -2.34. The number of rotatable bonds is 5. The highest BCUT2D eigenvalue weighted by molar-refractivity contribution is 6.34. The molecule has 0 unspecified atom stereocenters. The molecule has 1 aliphatic rings. The van der Waals surface area contributed by atoms with Gasteiger partial charge in [0.2, 0.25) is 0 Å². The van der Waals surface area contributed by atoms with Crippen LogP contribution in [0.25, 0.3) is 0 Å². The molecule has 1 saturated heterocycles. The number of ether oxygens (including phenoxy) is 1. The lowest BCUT2D eigenvalue weighted by molar-refractivity contribution is -0.384. The van der Waals surface area contributed by atoms with Crippen molar-refractivity contribution in [3.05, 3.63) is 62.1 Å². The SMILES string of the molecule is Cl.O=C(Nc1ccc([N+](=O)[O-])cc1Cl)c1cc(Cl)ccc1OC1CCNCC1. The molecule has 0 spiro atoms. The van der Waals surface area contributed by atoms with Gasteiger partial charge in [-0.25, -0.2) is 0 Å². The molecule has 150 valence electrons. The lowest BCUT2D eigenvalue weighted by Gasteiger charge is -2.25. The quantitative estimate of drug-likeness (QED) is 0.512. The van der Waals surface area contributed by atoms with Gasteiger partial charge in [-0.05, 0) is 50.2 Å². The molecule has 2 aromatic carbocycles. The summed E-state index contributed by atoms with van der Waals surface area (Å²) in [5, 5.41) is 17.2. The van der Waals surface area contributed by atoms with E-state index >= 15 is 0 Å². The molecule has 28 heavy (non-hydrogen) atoms. The molecule has 0 saturated carbocycles. The number of nitrogens with one attached hydrogen (secondary N) is 2. The number of carbonyl (C=O) groups is 1. The number of hydrogen-bond donors (Lipinski definition) is 2. The van der Waals surface area contributed by atoms with Crippen molar-refractivity contribution in [2.75, 3.05) is 18.4 Å². The Bertz CT molecular complexity index is 873. The molecule has 2 aromatic rings. The summed E-state index contributed by atoms with van der Waals surface area (Å²) >= 11 is 12.1. The normalized spacial score (nSPS) is 14.1. The van der Waals surface area contributed by atoms with Gasteiger partial charge in [-0.15, -0.1) is 12.4 Å². The van der Waals surface area contributed by atoms with Crippen LogP contribution < -0.4 is 15.4 Å². The van der Waals surface area contributed by atoms with Gasteiger partial charge in [-0.1, -0.05) is 23.2 Å². The maximum atomic E-state index is 12.7. The van der Waals surface area contributed by atoms with Crippen molar-refractivity contribution in [2.24, 2.45) is 0 Å². The fourth-order valence-corrected chi connectivity index (χ4v) is 3.18. The maximum absolute atomic E-state index is 12.7. The van der Waals surface area contributed by atoms with Gasteiger partial charge < -0.3 is 15.4 Å². The Hall–Kier alpha value is -2.06. The van der Waals surface area contributed by atoms with E-state index < -0.39 is 10.8 Å². The Morgan fingerprint density at radius 3 is 2.54 bits per heavy atom. The molecule has 0 aliphatic carbocycles. The van der Waals surface area contributed by atoms with Crippen molar-refractivity contribution in [3.8, 4) is 5.75 Å². The number of nitro groups is 1. The average Bonchev–Trinajstić information content (AvgIpc) is 2.65. The summed E-state index contributed by atoms with van der Waals surface area (Å²) in [6.45, 7) is 1.72. The molecular weight excluding hydrogens is 429 g/mol. The smallest absolute Gasteiger partial charge is 0.271 e. The fourth-order valence-electron chi connectivity index (χ4n) is 2.78. The van der Waals surface area contributed by atoms with Gasteiger partial charge in [0.15, 0.2) is 0 Å². The summed E-state index contributed by atoms with van der Waals surface area (Å²) in [6.07, 6.45) is 1.71. The van der Waals surface area contributed by atoms with Crippen molar-refractivity contribution in [1.82, 2.24) is 5.32 Å². The summed E-state index contributed by atoms with van der Waals surface area (Å²) in [6, 6.07) is 8.68. The van der Waals surface area contributed by atoms with Crippen molar-refractivity contribution in [2.45, 2.75) is 18.9 Å². The van der Waals surface area contributed by atoms with Crippen LogP contribution in [0.1, 0.15) is 23.2 Å². The molecule has 1 amide bonds. The molecule has 1 fully saturated rings. The number of hydrogen-bond acceptors (Lipinski definition) is 5. The van der Waals surface area contributed by atoms with E-state index in [2.05, 4.69) is 10.6 Å². The molecule has 3 rings (SSSR count). The van der Waals surface area contributed by atoms with Crippen LogP contribution in [0.5, 0.6) is 5.75 Å². The van der Waals surface area contributed by atoms with Gasteiger partial charge in [0, 0.05) is 17.2 Å².